The molecule has 0 unspecified atom stereocenters. The van der Waals surface area contributed by atoms with Crippen LogP contribution in [0.15, 0.2) is 62.0 Å². The Labute approximate surface area is 148 Å². The maximum atomic E-state index is 12.5. The fourth-order valence-electron chi connectivity index (χ4n) is 2.11. The van der Waals surface area contributed by atoms with E-state index >= 15 is 0 Å². The number of halogens is 1. The van der Waals surface area contributed by atoms with Gasteiger partial charge in [-0.2, -0.15) is 0 Å². The maximum Gasteiger partial charge on any atom is 0.328 e. The highest BCUT2D eigenvalue weighted by molar-refractivity contribution is 9.10. The van der Waals surface area contributed by atoms with Crippen molar-refractivity contribution >= 4 is 38.9 Å². The highest BCUT2D eigenvalue weighted by Crippen LogP contribution is 2.14. The molecule has 6 nitrogen and oxygen atoms in total. The third-order valence-electron chi connectivity index (χ3n) is 3.30. The van der Waals surface area contributed by atoms with Crippen molar-refractivity contribution in [2.75, 3.05) is 5.32 Å². The quantitative estimate of drug-likeness (QED) is 0.699. The number of hydrogen-bond acceptors (Lipinski definition) is 4. The summed E-state index contributed by atoms with van der Waals surface area (Å²) in [7, 11) is 0. The van der Waals surface area contributed by atoms with Crippen LogP contribution in [0, 0.1) is 0 Å². The Morgan fingerprint density at radius 2 is 1.96 bits per heavy atom. The summed E-state index contributed by atoms with van der Waals surface area (Å²) in [5, 5.41) is 4.50. The summed E-state index contributed by atoms with van der Waals surface area (Å²) in [5.74, 6) is -0.571. The highest BCUT2D eigenvalue weighted by Gasteiger charge is 2.15. The molecule has 8 heteroatoms. The predicted molar refractivity (Wildman–Crippen MR) is 96.8 cm³/mol. The number of thiophene rings is 1. The van der Waals surface area contributed by atoms with E-state index in [1.807, 2.05) is 17.5 Å². The van der Waals surface area contributed by atoms with Gasteiger partial charge in [-0.15, -0.1) is 11.3 Å². The normalized spacial score (nSPS) is 10.5. The molecule has 24 heavy (non-hydrogen) atoms. The number of nitrogens with one attached hydrogen (secondary N) is 2. The lowest BCUT2D eigenvalue weighted by Gasteiger charge is -2.07. The van der Waals surface area contributed by atoms with E-state index in [1.54, 1.807) is 24.3 Å². The Morgan fingerprint density at radius 1 is 1.21 bits per heavy atom. The number of hydrogen-bond donors (Lipinski definition) is 2. The number of carbonyl (C=O) groups excluding carboxylic acids is 1. The van der Waals surface area contributed by atoms with Gasteiger partial charge in [0.05, 0.1) is 6.54 Å². The first kappa shape index (κ1) is 16.4. The van der Waals surface area contributed by atoms with Crippen LogP contribution < -0.4 is 16.6 Å². The van der Waals surface area contributed by atoms with Gasteiger partial charge in [-0.1, -0.05) is 22.0 Å². The van der Waals surface area contributed by atoms with E-state index < -0.39 is 17.2 Å². The largest absolute Gasteiger partial charge is 0.328 e. The Kier molecular flexibility index (Phi) is 4.77. The van der Waals surface area contributed by atoms with E-state index in [0.717, 1.165) is 20.1 Å². The van der Waals surface area contributed by atoms with Crippen molar-refractivity contribution in [2.24, 2.45) is 0 Å². The lowest BCUT2D eigenvalue weighted by atomic mass is 10.2. The number of H-pyrrole nitrogens is 1. The summed E-state index contributed by atoms with van der Waals surface area (Å²) in [5.41, 5.74) is -0.733. The number of nitrogens with zero attached hydrogens (tertiary/aromatic N) is 1. The van der Waals surface area contributed by atoms with Crippen LogP contribution >= 0.6 is 27.3 Å². The van der Waals surface area contributed by atoms with E-state index in [9.17, 15) is 14.4 Å². The van der Waals surface area contributed by atoms with Gasteiger partial charge in [0.25, 0.3) is 11.5 Å². The third-order valence-corrected chi connectivity index (χ3v) is 4.69. The Morgan fingerprint density at radius 3 is 2.62 bits per heavy atom. The summed E-state index contributed by atoms with van der Waals surface area (Å²) in [4.78, 5) is 40.0. The Bertz CT molecular complexity index is 975. The molecule has 0 bridgehead atoms. The van der Waals surface area contributed by atoms with Crippen molar-refractivity contribution in [2.45, 2.75) is 6.54 Å². The zero-order valence-electron chi connectivity index (χ0n) is 12.3. The predicted octanol–water partition coefficient (Wildman–Crippen LogP) is 2.66. The fourth-order valence-corrected chi connectivity index (χ4v) is 3.06. The molecule has 122 valence electrons. The zero-order chi connectivity index (χ0) is 17.1. The second-order valence-electron chi connectivity index (χ2n) is 4.94. The average Bonchev–Trinajstić information content (AvgIpc) is 3.06. The van der Waals surface area contributed by atoms with Crippen LogP contribution in [0.3, 0.4) is 0 Å². The number of benzene rings is 1. The molecular formula is C16H12BrN3O3S. The number of aromatic nitrogens is 2. The van der Waals surface area contributed by atoms with Gasteiger partial charge < -0.3 is 10.3 Å². The van der Waals surface area contributed by atoms with Crippen molar-refractivity contribution in [1.29, 1.82) is 0 Å². The van der Waals surface area contributed by atoms with E-state index in [4.69, 9.17) is 0 Å². The first-order chi connectivity index (χ1) is 11.5. The molecule has 0 radical (unpaired) electrons. The van der Waals surface area contributed by atoms with Crippen LogP contribution in [0.2, 0.25) is 0 Å². The van der Waals surface area contributed by atoms with Crippen molar-refractivity contribution < 1.29 is 4.79 Å². The second-order valence-corrected chi connectivity index (χ2v) is 6.89. The van der Waals surface area contributed by atoms with Crippen LogP contribution in [0.25, 0.3) is 0 Å². The van der Waals surface area contributed by atoms with E-state index in [0.29, 0.717) is 5.69 Å². The lowest BCUT2D eigenvalue weighted by molar-refractivity contribution is 0.102. The van der Waals surface area contributed by atoms with E-state index in [1.165, 1.54) is 11.3 Å². The summed E-state index contributed by atoms with van der Waals surface area (Å²) in [6.07, 6.45) is 1.14. The monoisotopic (exact) mass is 405 g/mol. The Balaban J connectivity index is 1.90. The lowest BCUT2D eigenvalue weighted by Crippen LogP contribution is -2.39. The minimum Gasteiger partial charge on any atom is -0.322 e. The fraction of sp³-hybridized carbons (Fsp3) is 0.0625. The van der Waals surface area contributed by atoms with Gasteiger partial charge in [-0.3, -0.25) is 14.2 Å². The minimum absolute atomic E-state index is 0.117. The molecule has 0 aliphatic carbocycles. The first-order valence-electron chi connectivity index (χ1n) is 6.96. The molecule has 2 heterocycles. The summed E-state index contributed by atoms with van der Waals surface area (Å²) >= 11 is 4.74. The van der Waals surface area contributed by atoms with Crippen molar-refractivity contribution in [3.63, 3.8) is 0 Å². The number of carbonyl (C=O) groups is 1. The SMILES string of the molecule is O=C(Nc1ccc(Br)cc1)c1c[nH]c(=O)n(Cc2cccs2)c1=O. The molecule has 0 saturated carbocycles. The van der Waals surface area contributed by atoms with Gasteiger partial charge in [-0.25, -0.2) is 4.79 Å². The topological polar surface area (TPSA) is 84.0 Å². The molecule has 2 N–H and O–H groups in total. The van der Waals surface area contributed by atoms with Crippen LogP contribution in [0.5, 0.6) is 0 Å². The first-order valence-corrected chi connectivity index (χ1v) is 8.63. The van der Waals surface area contributed by atoms with Gasteiger partial charge >= 0.3 is 5.69 Å². The van der Waals surface area contributed by atoms with E-state index in [-0.39, 0.29) is 12.1 Å². The van der Waals surface area contributed by atoms with Crippen LogP contribution in [0.4, 0.5) is 5.69 Å². The van der Waals surface area contributed by atoms with Crippen molar-refractivity contribution in [3.05, 3.63) is 83.7 Å². The van der Waals surface area contributed by atoms with Crippen LogP contribution in [0.1, 0.15) is 15.2 Å². The van der Waals surface area contributed by atoms with Gasteiger partial charge in [0.15, 0.2) is 0 Å². The molecular weight excluding hydrogens is 394 g/mol. The maximum absolute atomic E-state index is 12.5. The highest BCUT2D eigenvalue weighted by atomic mass is 79.9. The smallest absolute Gasteiger partial charge is 0.322 e. The van der Waals surface area contributed by atoms with Crippen molar-refractivity contribution in [3.8, 4) is 0 Å². The molecule has 0 aliphatic rings. The standard InChI is InChI=1S/C16H12BrN3O3S/c17-10-3-5-11(6-4-10)19-14(21)13-8-18-16(23)20(15(13)22)9-12-2-1-7-24-12/h1-8H,9H2,(H,18,23)(H,19,21). The van der Waals surface area contributed by atoms with Crippen molar-refractivity contribution in [1.82, 2.24) is 9.55 Å². The van der Waals surface area contributed by atoms with E-state index in [2.05, 4.69) is 26.2 Å². The summed E-state index contributed by atoms with van der Waals surface area (Å²) < 4.78 is 1.89. The van der Waals surface area contributed by atoms with Gasteiger partial charge in [0.1, 0.15) is 5.56 Å². The summed E-state index contributed by atoms with van der Waals surface area (Å²) in [6.45, 7) is 0.130. The number of rotatable bonds is 4. The molecule has 2 aromatic heterocycles. The van der Waals surface area contributed by atoms with Crippen LogP contribution in [-0.2, 0) is 6.54 Å². The van der Waals surface area contributed by atoms with Gasteiger partial charge in [-0.05, 0) is 35.7 Å². The zero-order valence-corrected chi connectivity index (χ0v) is 14.7. The minimum atomic E-state index is -0.623. The van der Waals surface area contributed by atoms with Gasteiger partial charge in [0, 0.05) is 21.2 Å². The Hall–Kier alpha value is -2.45. The molecule has 0 atom stereocenters. The molecule has 3 aromatic rings. The number of amides is 1. The second kappa shape index (κ2) is 6.98. The molecule has 0 aliphatic heterocycles. The van der Waals surface area contributed by atoms with Gasteiger partial charge in [0.2, 0.25) is 0 Å². The molecule has 0 fully saturated rings. The average molecular weight is 406 g/mol. The van der Waals surface area contributed by atoms with Crippen LogP contribution in [-0.4, -0.2) is 15.5 Å². The molecule has 0 saturated heterocycles. The number of anilines is 1. The summed E-state index contributed by atoms with van der Waals surface area (Å²) in [6, 6.07) is 10.6. The number of aromatic amines is 1. The molecule has 3 rings (SSSR count). The molecule has 0 spiro atoms. The molecule has 1 aromatic carbocycles. The molecule has 1 amide bonds. The third kappa shape index (κ3) is 3.55.